The summed E-state index contributed by atoms with van der Waals surface area (Å²) >= 11 is 3.01. The Hall–Kier alpha value is -2.38. The molecule has 29 heavy (non-hydrogen) atoms. The Balaban J connectivity index is 1.50. The number of ether oxygens (including phenoxy) is 1. The van der Waals surface area contributed by atoms with Crippen LogP contribution in [0.25, 0.3) is 0 Å². The minimum absolute atomic E-state index is 0.200. The quantitative estimate of drug-likeness (QED) is 0.246. The van der Waals surface area contributed by atoms with Crippen LogP contribution in [0, 0.1) is 6.92 Å². The molecule has 0 aliphatic rings. The summed E-state index contributed by atoms with van der Waals surface area (Å²) in [5, 5.41) is 11.6. The highest BCUT2D eigenvalue weighted by atomic mass is 32.2. The Morgan fingerprint density at radius 3 is 2.66 bits per heavy atom. The monoisotopic (exact) mass is 427 g/mol. The highest BCUT2D eigenvalue weighted by Crippen LogP contribution is 2.29. The van der Waals surface area contributed by atoms with E-state index in [0.717, 1.165) is 28.7 Å². The Morgan fingerprint density at radius 1 is 1.10 bits per heavy atom. The minimum Gasteiger partial charge on any atom is -0.494 e. The standard InChI is InChI=1S/C22H25N3O2S2/c1-3-4-7-14-27-19-12-10-17(11-13-19)20(26)23-21-24-25-22(29-21)28-15-18-9-6-5-8-16(18)2/h5-6,8-13H,3-4,7,14-15H2,1-2H3,(H,23,24,26). The summed E-state index contributed by atoms with van der Waals surface area (Å²) in [5.74, 6) is 1.41. The highest BCUT2D eigenvalue weighted by Gasteiger charge is 2.11. The van der Waals surface area contributed by atoms with E-state index in [9.17, 15) is 4.79 Å². The van der Waals surface area contributed by atoms with Gasteiger partial charge in [0.25, 0.3) is 5.91 Å². The molecule has 1 N–H and O–H groups in total. The van der Waals surface area contributed by atoms with Crippen molar-refractivity contribution in [2.75, 3.05) is 11.9 Å². The van der Waals surface area contributed by atoms with Gasteiger partial charge in [-0.2, -0.15) is 0 Å². The summed E-state index contributed by atoms with van der Waals surface area (Å²) in [4.78, 5) is 12.4. The molecule has 0 radical (unpaired) electrons. The van der Waals surface area contributed by atoms with E-state index >= 15 is 0 Å². The van der Waals surface area contributed by atoms with E-state index in [0.29, 0.717) is 17.3 Å². The fourth-order valence-corrected chi connectivity index (χ4v) is 4.47. The molecular weight excluding hydrogens is 402 g/mol. The van der Waals surface area contributed by atoms with Crippen molar-refractivity contribution in [3.63, 3.8) is 0 Å². The number of amides is 1. The Bertz CT molecular complexity index is 926. The fraction of sp³-hybridized carbons (Fsp3) is 0.318. The molecule has 0 saturated heterocycles. The van der Waals surface area contributed by atoms with Gasteiger partial charge in [-0.25, -0.2) is 0 Å². The van der Waals surface area contributed by atoms with Crippen molar-refractivity contribution in [2.24, 2.45) is 0 Å². The molecule has 1 amide bonds. The molecule has 0 bridgehead atoms. The molecule has 0 aliphatic heterocycles. The number of aromatic nitrogens is 2. The van der Waals surface area contributed by atoms with Gasteiger partial charge in [0.2, 0.25) is 5.13 Å². The van der Waals surface area contributed by atoms with Crippen LogP contribution in [-0.4, -0.2) is 22.7 Å². The van der Waals surface area contributed by atoms with Gasteiger partial charge in [0, 0.05) is 11.3 Å². The SMILES string of the molecule is CCCCCOc1ccc(C(=O)Nc2nnc(SCc3ccccc3C)s2)cc1. The van der Waals surface area contributed by atoms with Gasteiger partial charge >= 0.3 is 0 Å². The molecule has 2 aromatic carbocycles. The molecule has 0 atom stereocenters. The maximum absolute atomic E-state index is 12.4. The van der Waals surface area contributed by atoms with Crippen LogP contribution in [0.3, 0.4) is 0 Å². The van der Waals surface area contributed by atoms with E-state index in [1.807, 2.05) is 24.3 Å². The van der Waals surface area contributed by atoms with Gasteiger partial charge in [-0.1, -0.05) is 67.1 Å². The third kappa shape index (κ3) is 6.58. The van der Waals surface area contributed by atoms with Gasteiger partial charge in [-0.05, 0) is 48.7 Å². The average molecular weight is 428 g/mol. The van der Waals surface area contributed by atoms with Gasteiger partial charge < -0.3 is 4.74 Å². The van der Waals surface area contributed by atoms with Crippen molar-refractivity contribution in [1.82, 2.24) is 10.2 Å². The van der Waals surface area contributed by atoms with Crippen LogP contribution in [0.2, 0.25) is 0 Å². The van der Waals surface area contributed by atoms with Gasteiger partial charge in [0.05, 0.1) is 6.61 Å². The number of carbonyl (C=O) groups excluding carboxylic acids is 1. The molecule has 0 unspecified atom stereocenters. The first-order valence-electron chi connectivity index (χ1n) is 9.70. The number of aryl methyl sites for hydroxylation is 1. The Labute approximate surface area is 179 Å². The van der Waals surface area contributed by atoms with Crippen LogP contribution in [0.5, 0.6) is 5.75 Å². The predicted octanol–water partition coefficient (Wildman–Crippen LogP) is 5.96. The number of nitrogens with one attached hydrogen (secondary N) is 1. The van der Waals surface area contributed by atoms with Crippen LogP contribution in [-0.2, 0) is 5.75 Å². The van der Waals surface area contributed by atoms with Crippen molar-refractivity contribution < 1.29 is 9.53 Å². The van der Waals surface area contributed by atoms with Crippen molar-refractivity contribution >= 4 is 34.1 Å². The van der Waals surface area contributed by atoms with Gasteiger partial charge in [-0.3, -0.25) is 10.1 Å². The summed E-state index contributed by atoms with van der Waals surface area (Å²) in [6.45, 7) is 4.97. The van der Waals surface area contributed by atoms with E-state index in [4.69, 9.17) is 4.74 Å². The van der Waals surface area contributed by atoms with Crippen molar-refractivity contribution in [2.45, 2.75) is 43.2 Å². The maximum Gasteiger partial charge on any atom is 0.257 e. The predicted molar refractivity (Wildman–Crippen MR) is 120 cm³/mol. The lowest BCUT2D eigenvalue weighted by Gasteiger charge is -2.06. The second kappa shape index (κ2) is 11.0. The van der Waals surface area contributed by atoms with Gasteiger partial charge in [0.1, 0.15) is 5.75 Å². The second-order valence-corrected chi connectivity index (χ2v) is 8.82. The molecule has 3 aromatic rings. The summed E-state index contributed by atoms with van der Waals surface area (Å²) in [6.07, 6.45) is 3.37. The number of carbonyl (C=O) groups is 1. The highest BCUT2D eigenvalue weighted by molar-refractivity contribution is 8.00. The van der Waals surface area contributed by atoms with E-state index in [1.165, 1.54) is 28.9 Å². The van der Waals surface area contributed by atoms with Crippen LogP contribution >= 0.6 is 23.1 Å². The van der Waals surface area contributed by atoms with E-state index in [-0.39, 0.29) is 5.91 Å². The molecule has 0 saturated carbocycles. The number of unbranched alkanes of at least 4 members (excludes halogenated alkanes) is 2. The molecule has 3 rings (SSSR count). The summed E-state index contributed by atoms with van der Waals surface area (Å²) in [5.41, 5.74) is 3.10. The van der Waals surface area contributed by atoms with Crippen LogP contribution < -0.4 is 10.1 Å². The molecule has 0 aliphatic carbocycles. The summed E-state index contributed by atoms with van der Waals surface area (Å²) in [7, 11) is 0. The molecule has 5 nitrogen and oxygen atoms in total. The Morgan fingerprint density at radius 2 is 1.90 bits per heavy atom. The fourth-order valence-electron chi connectivity index (χ4n) is 2.64. The Kier molecular flexibility index (Phi) is 8.07. The first-order valence-corrected chi connectivity index (χ1v) is 11.5. The summed E-state index contributed by atoms with van der Waals surface area (Å²) < 4.78 is 6.51. The van der Waals surface area contributed by atoms with E-state index < -0.39 is 0 Å². The number of nitrogens with zero attached hydrogens (tertiary/aromatic N) is 2. The van der Waals surface area contributed by atoms with Gasteiger partial charge in [0.15, 0.2) is 4.34 Å². The van der Waals surface area contributed by atoms with Crippen LogP contribution in [0.1, 0.15) is 47.7 Å². The van der Waals surface area contributed by atoms with Crippen LogP contribution in [0.15, 0.2) is 52.9 Å². The molecule has 152 valence electrons. The van der Waals surface area contributed by atoms with E-state index in [2.05, 4.69) is 41.5 Å². The molecule has 1 heterocycles. The lowest BCUT2D eigenvalue weighted by molar-refractivity contribution is 0.102. The first-order chi connectivity index (χ1) is 14.2. The van der Waals surface area contributed by atoms with Crippen molar-refractivity contribution in [3.8, 4) is 5.75 Å². The number of rotatable bonds is 10. The lowest BCUT2D eigenvalue weighted by atomic mass is 10.1. The molecular formula is C22H25N3O2S2. The van der Waals surface area contributed by atoms with Crippen molar-refractivity contribution in [1.29, 1.82) is 0 Å². The molecule has 0 fully saturated rings. The zero-order chi connectivity index (χ0) is 20.5. The smallest absolute Gasteiger partial charge is 0.257 e. The largest absolute Gasteiger partial charge is 0.494 e. The molecule has 1 aromatic heterocycles. The zero-order valence-electron chi connectivity index (χ0n) is 16.7. The normalized spacial score (nSPS) is 10.7. The van der Waals surface area contributed by atoms with Crippen LogP contribution in [0.4, 0.5) is 5.13 Å². The number of thioether (sulfide) groups is 1. The summed E-state index contributed by atoms with van der Waals surface area (Å²) in [6, 6.07) is 15.5. The third-order valence-electron chi connectivity index (χ3n) is 4.37. The van der Waals surface area contributed by atoms with E-state index in [1.54, 1.807) is 23.9 Å². The number of benzene rings is 2. The number of anilines is 1. The maximum atomic E-state index is 12.4. The second-order valence-electron chi connectivity index (χ2n) is 6.62. The third-order valence-corrected chi connectivity index (χ3v) is 6.39. The zero-order valence-corrected chi connectivity index (χ0v) is 18.3. The number of hydrogen-bond acceptors (Lipinski definition) is 6. The average Bonchev–Trinajstić information content (AvgIpc) is 3.18. The molecule has 7 heteroatoms. The van der Waals surface area contributed by atoms with Crippen molar-refractivity contribution in [3.05, 3.63) is 65.2 Å². The topological polar surface area (TPSA) is 64.1 Å². The van der Waals surface area contributed by atoms with Gasteiger partial charge in [-0.15, -0.1) is 10.2 Å². The first kappa shape index (κ1) is 21.3. The molecule has 0 spiro atoms. The number of hydrogen-bond donors (Lipinski definition) is 1. The lowest BCUT2D eigenvalue weighted by Crippen LogP contribution is -2.11. The minimum atomic E-state index is -0.200.